The fourth-order valence-corrected chi connectivity index (χ4v) is 4.19. The standard InChI is InChI=1S/C11H17O.C2H3O4S.U/c1-12-11-5-8-2-9(6-11)4-10(3-8)7-11;3-1-2-7(4,5)6;/h8-9H,2-7H2,1H3;2H2,(H,4,5,6);/q2*-1;+2. The fraction of sp³-hybridized carbons (Fsp3) is 0.846. The molecule has 0 aromatic carbocycles. The Kier molecular flexibility index (Phi) is 6.74. The smallest absolute Gasteiger partial charge is 0.541 e. The third kappa shape index (κ3) is 4.81. The number of ether oxygens (including phenoxy) is 1. The number of hydrogen-bond acceptors (Lipinski definition) is 4. The average molecular weight is 526 g/mol. The van der Waals surface area contributed by atoms with Crippen LogP contribution in [-0.2, 0) is 19.6 Å². The first-order valence-electron chi connectivity index (χ1n) is 6.55. The van der Waals surface area contributed by atoms with E-state index < -0.39 is 15.9 Å². The molecule has 0 aromatic heterocycles. The maximum absolute atomic E-state index is 9.52. The van der Waals surface area contributed by atoms with Crippen molar-refractivity contribution in [1.82, 2.24) is 0 Å². The Morgan fingerprint density at radius 3 is 2.20 bits per heavy atom. The number of carbonyl (C=O) groups excluding carboxylic acids is 1. The minimum absolute atomic E-state index is 0. The van der Waals surface area contributed by atoms with E-state index in [1.54, 1.807) is 0 Å². The summed E-state index contributed by atoms with van der Waals surface area (Å²) in [6.07, 6.45) is 9.37. The largest absolute Gasteiger partial charge is 2.00 e. The molecule has 5 nitrogen and oxygen atoms in total. The van der Waals surface area contributed by atoms with Crippen LogP contribution in [0.2, 0.25) is 0 Å². The van der Waals surface area contributed by atoms with Gasteiger partial charge in [0.25, 0.3) is 0 Å². The fourth-order valence-electron chi connectivity index (χ4n) is 4.04. The SMILES string of the molecule is COC12C[C-]3CC(CC(C3)C1)C2.O=[C-]CS(=O)(=O)O.[U+2]. The minimum atomic E-state index is -4.10. The predicted octanol–water partition coefficient (Wildman–Crippen LogP) is 1.54. The molecule has 0 radical (unpaired) electrons. The second-order valence-corrected chi connectivity index (χ2v) is 7.42. The number of methoxy groups -OCH3 is 1. The van der Waals surface area contributed by atoms with Gasteiger partial charge >= 0.3 is 31.1 Å². The molecular weight excluding hydrogens is 506 g/mol. The summed E-state index contributed by atoms with van der Waals surface area (Å²) >= 11 is 0. The monoisotopic (exact) mass is 526 g/mol. The molecule has 4 saturated carbocycles. The summed E-state index contributed by atoms with van der Waals surface area (Å²) < 4.78 is 32.5. The zero-order valence-corrected chi connectivity index (χ0v) is 16.6. The zero-order chi connectivity index (χ0) is 14.1. The molecule has 4 fully saturated rings. The van der Waals surface area contributed by atoms with Gasteiger partial charge in [-0.1, -0.05) is 18.3 Å². The van der Waals surface area contributed by atoms with Gasteiger partial charge < -0.3 is 15.4 Å². The summed E-state index contributed by atoms with van der Waals surface area (Å²) in [7, 11) is -2.19. The Morgan fingerprint density at radius 1 is 1.35 bits per heavy atom. The molecule has 0 spiro atoms. The van der Waals surface area contributed by atoms with Gasteiger partial charge in [0.2, 0.25) is 10.1 Å². The van der Waals surface area contributed by atoms with Gasteiger partial charge in [0.15, 0.2) is 0 Å². The van der Waals surface area contributed by atoms with Crippen LogP contribution in [0.4, 0.5) is 0 Å². The van der Waals surface area contributed by atoms with Gasteiger partial charge in [0, 0.05) is 12.7 Å². The topological polar surface area (TPSA) is 80.7 Å². The van der Waals surface area contributed by atoms with Crippen LogP contribution in [0, 0.1) is 48.9 Å². The molecule has 2 atom stereocenters. The van der Waals surface area contributed by atoms with E-state index in [-0.39, 0.29) is 31.1 Å². The summed E-state index contributed by atoms with van der Waals surface area (Å²) in [6, 6.07) is 0. The van der Waals surface area contributed by atoms with Gasteiger partial charge in [0.1, 0.15) is 0 Å². The third-order valence-corrected chi connectivity index (χ3v) is 4.87. The third-order valence-electron chi connectivity index (χ3n) is 4.39. The maximum Gasteiger partial charge on any atom is 2.00 e. The normalized spacial score (nSPS) is 34.9. The average Bonchev–Trinajstić information content (AvgIpc) is 2.26. The van der Waals surface area contributed by atoms with E-state index in [0.717, 1.165) is 18.1 Å². The van der Waals surface area contributed by atoms with Gasteiger partial charge in [-0.05, 0) is 18.6 Å². The number of rotatable bonds is 3. The van der Waals surface area contributed by atoms with Crippen molar-refractivity contribution in [1.29, 1.82) is 0 Å². The van der Waals surface area contributed by atoms with Crippen molar-refractivity contribution < 1.29 is 53.6 Å². The van der Waals surface area contributed by atoms with Crippen molar-refractivity contribution in [3.05, 3.63) is 5.92 Å². The van der Waals surface area contributed by atoms with E-state index in [4.69, 9.17) is 14.1 Å². The second kappa shape index (κ2) is 7.24. The first kappa shape index (κ1) is 18.6. The van der Waals surface area contributed by atoms with Crippen LogP contribution in [-0.4, -0.2) is 37.7 Å². The van der Waals surface area contributed by atoms with Crippen molar-refractivity contribution >= 4 is 16.4 Å². The van der Waals surface area contributed by atoms with E-state index in [2.05, 4.69) is 0 Å². The molecule has 0 aromatic rings. The molecule has 4 aliphatic carbocycles. The molecule has 4 aliphatic rings. The van der Waals surface area contributed by atoms with E-state index in [0.29, 0.717) is 5.60 Å². The summed E-state index contributed by atoms with van der Waals surface area (Å²) in [5.41, 5.74) is 0.305. The van der Waals surface area contributed by atoms with Crippen molar-refractivity contribution in [2.45, 2.75) is 44.1 Å². The van der Waals surface area contributed by atoms with Crippen LogP contribution in [0.25, 0.3) is 0 Å². The van der Waals surface area contributed by atoms with Gasteiger partial charge in [-0.2, -0.15) is 12.8 Å². The summed E-state index contributed by atoms with van der Waals surface area (Å²) in [4.78, 5) is 9.16. The summed E-state index contributed by atoms with van der Waals surface area (Å²) in [6.45, 7) is 0. The van der Waals surface area contributed by atoms with E-state index in [1.165, 1.54) is 38.5 Å². The quantitative estimate of drug-likeness (QED) is 0.446. The predicted molar refractivity (Wildman–Crippen MR) is 69.8 cm³/mol. The second-order valence-electron chi connectivity index (χ2n) is 5.97. The molecule has 0 heterocycles. The van der Waals surface area contributed by atoms with Gasteiger partial charge in [-0.25, -0.2) is 14.7 Å². The molecule has 112 valence electrons. The van der Waals surface area contributed by atoms with Crippen LogP contribution in [0.15, 0.2) is 0 Å². The van der Waals surface area contributed by atoms with Crippen LogP contribution in [0.5, 0.6) is 0 Å². The van der Waals surface area contributed by atoms with E-state index >= 15 is 0 Å². The van der Waals surface area contributed by atoms with Crippen LogP contribution < -0.4 is 0 Å². The Morgan fingerprint density at radius 2 is 1.90 bits per heavy atom. The molecule has 0 aliphatic heterocycles. The van der Waals surface area contributed by atoms with Crippen molar-refractivity contribution in [3.8, 4) is 0 Å². The van der Waals surface area contributed by atoms with Gasteiger partial charge in [0.05, 0.1) is 0 Å². The molecule has 1 N–H and O–H groups in total. The van der Waals surface area contributed by atoms with Crippen molar-refractivity contribution in [2.24, 2.45) is 11.8 Å². The Balaban J connectivity index is 0.000000221. The van der Waals surface area contributed by atoms with Crippen molar-refractivity contribution in [3.63, 3.8) is 0 Å². The molecule has 20 heavy (non-hydrogen) atoms. The Hall–Kier alpha value is 0.592. The summed E-state index contributed by atoms with van der Waals surface area (Å²) in [5.74, 6) is 2.85. The zero-order valence-electron chi connectivity index (χ0n) is 11.6. The molecule has 0 amide bonds. The van der Waals surface area contributed by atoms with Crippen LogP contribution >= 0.6 is 0 Å². The van der Waals surface area contributed by atoms with E-state index in [1.807, 2.05) is 13.0 Å². The maximum atomic E-state index is 9.52. The first-order chi connectivity index (χ1) is 8.86. The Bertz CT molecular complexity index is 399. The molecule has 4 rings (SSSR count). The van der Waals surface area contributed by atoms with Crippen LogP contribution in [0.1, 0.15) is 38.5 Å². The van der Waals surface area contributed by atoms with Gasteiger partial charge in [-0.3, -0.25) is 4.55 Å². The Labute approximate surface area is 144 Å². The number of hydrogen-bond donors (Lipinski definition) is 1. The molecule has 4 bridgehead atoms. The minimum Gasteiger partial charge on any atom is -0.541 e. The van der Waals surface area contributed by atoms with Crippen LogP contribution in [0.3, 0.4) is 0 Å². The first-order valence-corrected chi connectivity index (χ1v) is 8.15. The summed E-state index contributed by atoms with van der Waals surface area (Å²) in [5, 5.41) is 0. The van der Waals surface area contributed by atoms with Gasteiger partial charge in [-0.15, -0.1) is 6.42 Å². The van der Waals surface area contributed by atoms with E-state index in [9.17, 15) is 8.42 Å². The molecule has 7 heteroatoms. The molecule has 2 unspecified atom stereocenters. The molecule has 0 saturated heterocycles. The molecular formula is C13H20O5SU. The van der Waals surface area contributed by atoms with Crippen molar-refractivity contribution in [2.75, 3.05) is 12.9 Å².